The lowest BCUT2D eigenvalue weighted by Gasteiger charge is -2.37. The topological polar surface area (TPSA) is 132 Å². The third kappa shape index (κ3) is 7.64. The minimum absolute atomic E-state index is 0.0668. The van der Waals surface area contributed by atoms with Gasteiger partial charge in [0.15, 0.2) is 0 Å². The number of imidazole rings is 1. The van der Waals surface area contributed by atoms with Crippen LogP contribution in [0.4, 0.5) is 11.4 Å². The zero-order valence-corrected chi connectivity index (χ0v) is 29.5. The van der Waals surface area contributed by atoms with Crippen molar-refractivity contribution in [1.29, 1.82) is 0 Å². The summed E-state index contributed by atoms with van der Waals surface area (Å²) < 4.78 is 23.5. The van der Waals surface area contributed by atoms with Crippen molar-refractivity contribution < 1.29 is 24.4 Å². The van der Waals surface area contributed by atoms with Gasteiger partial charge in [-0.2, -0.15) is 5.10 Å². The number of piperazine rings is 1. The van der Waals surface area contributed by atoms with Gasteiger partial charge in [0.2, 0.25) is 5.79 Å². The molecule has 0 spiro atoms. The van der Waals surface area contributed by atoms with Gasteiger partial charge in [0, 0.05) is 60.5 Å². The van der Waals surface area contributed by atoms with E-state index in [0.29, 0.717) is 46.9 Å². The molecule has 3 aromatic carbocycles. The molecular weight excluding hydrogens is 697 g/mol. The number of aromatic nitrogens is 5. The maximum Gasteiger partial charge on any atom is 0.350 e. The van der Waals surface area contributed by atoms with Gasteiger partial charge in [0.05, 0.1) is 49.4 Å². The highest BCUT2D eigenvalue weighted by atomic mass is 35.5. The first kappa shape index (κ1) is 35.1. The Morgan fingerprint density at radius 3 is 2.27 bits per heavy atom. The number of nitrogens with zero attached hydrogens (tertiary/aromatic N) is 7. The average molecular weight is 737 g/mol. The Hall–Kier alpha value is -4.37. The van der Waals surface area contributed by atoms with E-state index in [2.05, 4.69) is 32.0 Å². The van der Waals surface area contributed by atoms with E-state index in [4.69, 9.17) is 42.5 Å². The zero-order chi connectivity index (χ0) is 35.5. The van der Waals surface area contributed by atoms with Crippen molar-refractivity contribution >= 4 is 34.6 Å². The molecule has 5 aromatic rings. The van der Waals surface area contributed by atoms with Crippen LogP contribution in [0, 0.1) is 6.92 Å². The Morgan fingerprint density at radius 2 is 1.65 bits per heavy atom. The second kappa shape index (κ2) is 15.1. The molecule has 0 saturated carbocycles. The number of aryl methyl sites for hydroxylation is 1. The molecule has 2 aliphatic rings. The van der Waals surface area contributed by atoms with Crippen LogP contribution in [0.1, 0.15) is 11.4 Å². The van der Waals surface area contributed by atoms with Crippen LogP contribution in [0.5, 0.6) is 5.75 Å². The summed E-state index contributed by atoms with van der Waals surface area (Å²) in [4.78, 5) is 21.7. The number of hydrogen-bond acceptors (Lipinski definition) is 10. The predicted octanol–water partition coefficient (Wildman–Crippen LogP) is 3.87. The van der Waals surface area contributed by atoms with Crippen molar-refractivity contribution in [3.63, 3.8) is 0 Å². The molecule has 0 aliphatic carbocycles. The van der Waals surface area contributed by atoms with Gasteiger partial charge in [-0.1, -0.05) is 29.3 Å². The summed E-state index contributed by atoms with van der Waals surface area (Å²) in [6.07, 6.45) is 3.89. The molecule has 7 rings (SSSR count). The summed E-state index contributed by atoms with van der Waals surface area (Å²) in [7, 11) is 0. The van der Waals surface area contributed by atoms with Crippen LogP contribution in [0.3, 0.4) is 0 Å². The molecule has 4 heterocycles. The molecule has 13 nitrogen and oxygen atoms in total. The molecule has 0 amide bonds. The third-order valence-electron chi connectivity index (χ3n) is 9.14. The molecule has 0 radical (unpaired) electrons. The van der Waals surface area contributed by atoms with Crippen LogP contribution in [-0.4, -0.2) is 92.3 Å². The molecular formula is C36H39Cl2N7O6. The molecule has 2 aliphatic heterocycles. The Balaban J connectivity index is 0.925. The number of ether oxygens (including phenoxy) is 3. The number of aliphatic hydroxyl groups excluding tert-OH is 2. The highest BCUT2D eigenvalue weighted by molar-refractivity contribution is 6.35. The third-order valence-corrected chi connectivity index (χ3v) is 9.68. The van der Waals surface area contributed by atoms with Gasteiger partial charge in [0.25, 0.3) is 0 Å². The minimum atomic E-state index is -1.11. The molecule has 3 atom stereocenters. The second-order valence-electron chi connectivity index (χ2n) is 12.6. The maximum atomic E-state index is 12.9. The van der Waals surface area contributed by atoms with Crippen LogP contribution in [0.2, 0.25) is 10.0 Å². The quantitative estimate of drug-likeness (QED) is 0.195. The van der Waals surface area contributed by atoms with Gasteiger partial charge in [0.1, 0.15) is 24.3 Å². The van der Waals surface area contributed by atoms with E-state index in [0.717, 1.165) is 43.3 Å². The molecule has 2 N–H and O–H groups in total. The van der Waals surface area contributed by atoms with E-state index in [-0.39, 0.29) is 18.3 Å². The number of aliphatic hydroxyl groups is 2. The standard InChI is InChI=1S/C36H39Cl2N7O6/c1-25-40-44(19-30(47)20-46)35(48)45(25)29-5-3-27(4-6-29)42-14-16-43(17-15-42)28-7-9-31(10-8-28)49-21-32-22-50-36(51-32,23-41-13-12-39-24-41)33-11-2-26(37)18-34(33)38/h2-13,18,24,30,32,46-47H,14-17,19-23H2,1H3. The van der Waals surface area contributed by atoms with E-state index in [1.165, 1.54) is 9.25 Å². The summed E-state index contributed by atoms with van der Waals surface area (Å²) in [5.74, 6) is 0.133. The number of benzene rings is 3. The Morgan fingerprint density at radius 1 is 0.980 bits per heavy atom. The Bertz CT molecular complexity index is 1980. The first-order chi connectivity index (χ1) is 24.7. The van der Waals surface area contributed by atoms with Crippen molar-refractivity contribution in [2.45, 2.75) is 38.0 Å². The van der Waals surface area contributed by atoms with Crippen LogP contribution >= 0.6 is 23.2 Å². The lowest BCUT2D eigenvalue weighted by atomic mass is 10.1. The maximum absolute atomic E-state index is 12.9. The first-order valence-corrected chi connectivity index (χ1v) is 17.5. The number of hydrogen-bond donors (Lipinski definition) is 2. The van der Waals surface area contributed by atoms with Crippen LogP contribution < -0.4 is 20.2 Å². The van der Waals surface area contributed by atoms with Crippen molar-refractivity contribution in [1.82, 2.24) is 23.9 Å². The number of rotatable bonds is 12. The lowest BCUT2D eigenvalue weighted by molar-refractivity contribution is -0.189. The fourth-order valence-corrected chi connectivity index (χ4v) is 7.10. The van der Waals surface area contributed by atoms with Crippen LogP contribution in [0.15, 0.2) is 90.2 Å². The highest BCUT2D eigenvalue weighted by Gasteiger charge is 2.45. The predicted molar refractivity (Wildman–Crippen MR) is 193 cm³/mol. The second-order valence-corrected chi connectivity index (χ2v) is 13.5. The van der Waals surface area contributed by atoms with Crippen molar-refractivity contribution in [2.24, 2.45) is 0 Å². The molecule has 2 saturated heterocycles. The molecule has 15 heteroatoms. The SMILES string of the molecule is Cc1nn(CC(O)CO)c(=O)n1-c1ccc(N2CCN(c3ccc(OCC4COC(Cn5ccnc5)(c5ccc(Cl)cc5Cl)O4)cc3)CC2)cc1. The molecule has 0 bridgehead atoms. The van der Waals surface area contributed by atoms with Gasteiger partial charge < -0.3 is 38.8 Å². The van der Waals surface area contributed by atoms with Crippen molar-refractivity contribution in [3.05, 3.63) is 117 Å². The average Bonchev–Trinajstić information content (AvgIpc) is 3.87. The fourth-order valence-electron chi connectivity index (χ4n) is 6.54. The van der Waals surface area contributed by atoms with Gasteiger partial charge in [-0.15, -0.1) is 0 Å². The largest absolute Gasteiger partial charge is 0.491 e. The molecule has 51 heavy (non-hydrogen) atoms. The zero-order valence-electron chi connectivity index (χ0n) is 28.0. The van der Waals surface area contributed by atoms with Gasteiger partial charge in [-0.05, 0) is 67.6 Å². The van der Waals surface area contributed by atoms with E-state index in [1.807, 2.05) is 53.2 Å². The first-order valence-electron chi connectivity index (χ1n) is 16.7. The van der Waals surface area contributed by atoms with E-state index < -0.39 is 18.5 Å². The summed E-state index contributed by atoms with van der Waals surface area (Å²) in [5, 5.41) is 24.1. The summed E-state index contributed by atoms with van der Waals surface area (Å²) in [6, 6.07) is 21.2. The van der Waals surface area contributed by atoms with Crippen LogP contribution in [-0.2, 0) is 28.4 Å². The van der Waals surface area contributed by atoms with Gasteiger partial charge >= 0.3 is 5.69 Å². The number of halogens is 2. The smallest absolute Gasteiger partial charge is 0.350 e. The molecule has 268 valence electrons. The summed E-state index contributed by atoms with van der Waals surface area (Å²) in [5.41, 5.74) is 3.22. The highest BCUT2D eigenvalue weighted by Crippen LogP contribution is 2.40. The Labute approximate surface area is 304 Å². The molecule has 2 aromatic heterocycles. The minimum Gasteiger partial charge on any atom is -0.491 e. The van der Waals surface area contributed by atoms with Gasteiger partial charge in [-0.25, -0.2) is 19.0 Å². The van der Waals surface area contributed by atoms with Crippen molar-refractivity contribution in [3.8, 4) is 11.4 Å². The summed E-state index contributed by atoms with van der Waals surface area (Å²) >= 11 is 12.8. The van der Waals surface area contributed by atoms with E-state index in [9.17, 15) is 9.90 Å². The van der Waals surface area contributed by atoms with E-state index in [1.54, 1.807) is 31.6 Å². The summed E-state index contributed by atoms with van der Waals surface area (Å²) in [6.45, 7) is 5.60. The lowest BCUT2D eigenvalue weighted by Crippen LogP contribution is -2.46. The van der Waals surface area contributed by atoms with Crippen molar-refractivity contribution in [2.75, 3.05) is 55.8 Å². The van der Waals surface area contributed by atoms with Crippen LogP contribution in [0.25, 0.3) is 5.69 Å². The number of anilines is 2. The van der Waals surface area contributed by atoms with Gasteiger partial charge in [-0.3, -0.25) is 0 Å². The van der Waals surface area contributed by atoms with E-state index >= 15 is 0 Å². The Kier molecular flexibility index (Phi) is 10.4. The normalized spacial score (nSPS) is 19.8. The monoisotopic (exact) mass is 735 g/mol. The molecule has 3 unspecified atom stereocenters. The fraction of sp³-hybridized carbons (Fsp3) is 0.361. The molecule has 2 fully saturated rings.